The van der Waals surface area contributed by atoms with Gasteiger partial charge in [0.1, 0.15) is 11.5 Å². The van der Waals surface area contributed by atoms with E-state index in [0.29, 0.717) is 0 Å². The van der Waals surface area contributed by atoms with E-state index in [1.807, 2.05) is 48.5 Å². The summed E-state index contributed by atoms with van der Waals surface area (Å²) < 4.78 is 5.98. The van der Waals surface area contributed by atoms with Crippen LogP contribution in [0, 0.1) is 0 Å². The molecular weight excluding hydrogens is 324 g/mol. The van der Waals surface area contributed by atoms with Crippen LogP contribution in [-0.2, 0) is 4.79 Å². The van der Waals surface area contributed by atoms with Crippen LogP contribution >= 0.6 is 0 Å². The van der Waals surface area contributed by atoms with Gasteiger partial charge in [0.25, 0.3) is 0 Å². The molecule has 0 aliphatic carbocycles. The van der Waals surface area contributed by atoms with E-state index < -0.39 is 0 Å². The molecule has 4 nitrogen and oxygen atoms in total. The number of ether oxygens (including phenoxy) is 1. The van der Waals surface area contributed by atoms with Gasteiger partial charge in [-0.3, -0.25) is 4.79 Å². The summed E-state index contributed by atoms with van der Waals surface area (Å²) >= 11 is 0. The molecule has 0 radical (unpaired) electrons. The van der Waals surface area contributed by atoms with Crippen molar-refractivity contribution in [2.75, 3.05) is 26.2 Å². The minimum Gasteiger partial charge on any atom is -0.457 e. The number of fused-ring (bicyclic) bond motifs is 2. The van der Waals surface area contributed by atoms with Crippen molar-refractivity contribution < 1.29 is 9.53 Å². The number of hydrogen-bond donors (Lipinski definition) is 1. The van der Waals surface area contributed by atoms with E-state index >= 15 is 0 Å². The number of benzene rings is 2. The summed E-state index contributed by atoms with van der Waals surface area (Å²) in [4.78, 5) is 15.5. The largest absolute Gasteiger partial charge is 0.457 e. The van der Waals surface area contributed by atoms with Gasteiger partial charge < -0.3 is 15.0 Å². The lowest BCUT2D eigenvalue weighted by atomic mass is 9.87. The SMILES string of the molecule is O=C(NCCCN1CCCCC1)C1c2ccccc2Oc2ccccc21. The van der Waals surface area contributed by atoms with Crippen molar-refractivity contribution in [2.24, 2.45) is 0 Å². The van der Waals surface area contributed by atoms with Gasteiger partial charge in [-0.2, -0.15) is 0 Å². The van der Waals surface area contributed by atoms with Crippen molar-refractivity contribution >= 4 is 5.91 Å². The van der Waals surface area contributed by atoms with Gasteiger partial charge in [0.15, 0.2) is 0 Å². The van der Waals surface area contributed by atoms with Crippen molar-refractivity contribution in [3.63, 3.8) is 0 Å². The molecule has 0 bridgehead atoms. The molecule has 0 unspecified atom stereocenters. The van der Waals surface area contributed by atoms with Gasteiger partial charge in [-0.15, -0.1) is 0 Å². The average molecular weight is 350 g/mol. The predicted molar refractivity (Wildman–Crippen MR) is 103 cm³/mol. The third-order valence-corrected chi connectivity index (χ3v) is 5.34. The fourth-order valence-corrected chi connectivity index (χ4v) is 3.99. The van der Waals surface area contributed by atoms with Gasteiger partial charge in [-0.05, 0) is 51.0 Å². The Bertz CT molecular complexity index is 723. The highest BCUT2D eigenvalue weighted by molar-refractivity contribution is 5.89. The normalized spacial score (nSPS) is 17.1. The molecule has 2 aliphatic rings. The Kier molecular flexibility index (Phi) is 5.21. The summed E-state index contributed by atoms with van der Waals surface area (Å²) in [5, 5.41) is 3.15. The molecule has 0 atom stereocenters. The topological polar surface area (TPSA) is 41.6 Å². The maximum absolute atomic E-state index is 13.0. The van der Waals surface area contributed by atoms with Gasteiger partial charge in [0, 0.05) is 17.7 Å². The number of nitrogens with one attached hydrogen (secondary N) is 1. The maximum Gasteiger partial charge on any atom is 0.232 e. The summed E-state index contributed by atoms with van der Waals surface area (Å²) in [6.07, 6.45) is 4.97. The molecule has 0 saturated carbocycles. The van der Waals surface area contributed by atoms with Gasteiger partial charge in [0.05, 0.1) is 5.92 Å². The Balaban J connectivity index is 1.42. The molecule has 1 amide bonds. The van der Waals surface area contributed by atoms with Crippen molar-refractivity contribution in [2.45, 2.75) is 31.6 Å². The molecule has 1 fully saturated rings. The number of likely N-dealkylation sites (tertiary alicyclic amines) is 1. The van der Waals surface area contributed by atoms with E-state index in [2.05, 4.69) is 10.2 Å². The number of hydrogen-bond acceptors (Lipinski definition) is 3. The Morgan fingerprint density at radius 1 is 0.962 bits per heavy atom. The molecule has 0 aromatic heterocycles. The molecule has 2 aromatic rings. The maximum atomic E-state index is 13.0. The molecular formula is C22H26N2O2. The van der Waals surface area contributed by atoms with Gasteiger partial charge in [-0.25, -0.2) is 0 Å². The molecule has 2 aliphatic heterocycles. The van der Waals surface area contributed by atoms with Crippen LogP contribution in [0.25, 0.3) is 0 Å². The number of carbonyl (C=O) groups excluding carboxylic acids is 1. The molecule has 4 rings (SSSR count). The Hall–Kier alpha value is -2.33. The molecule has 1 N–H and O–H groups in total. The first-order valence-corrected chi connectivity index (χ1v) is 9.69. The zero-order valence-corrected chi connectivity index (χ0v) is 15.1. The number of piperidine rings is 1. The fourth-order valence-electron chi connectivity index (χ4n) is 3.99. The van der Waals surface area contributed by atoms with Crippen LogP contribution in [0.1, 0.15) is 42.7 Å². The van der Waals surface area contributed by atoms with Gasteiger partial charge in [-0.1, -0.05) is 42.8 Å². The van der Waals surface area contributed by atoms with Crippen LogP contribution in [0.5, 0.6) is 11.5 Å². The highest BCUT2D eigenvalue weighted by Crippen LogP contribution is 2.43. The third kappa shape index (κ3) is 3.61. The van der Waals surface area contributed by atoms with E-state index in [9.17, 15) is 4.79 Å². The van der Waals surface area contributed by atoms with E-state index in [1.165, 1.54) is 32.4 Å². The number of para-hydroxylation sites is 2. The molecule has 4 heteroatoms. The third-order valence-electron chi connectivity index (χ3n) is 5.34. The first-order chi connectivity index (χ1) is 12.8. The summed E-state index contributed by atoms with van der Waals surface area (Å²) in [6, 6.07) is 15.7. The van der Waals surface area contributed by atoms with Crippen molar-refractivity contribution in [3.8, 4) is 11.5 Å². The molecule has 136 valence electrons. The second-order valence-corrected chi connectivity index (χ2v) is 7.16. The number of carbonyl (C=O) groups is 1. The average Bonchev–Trinajstić information content (AvgIpc) is 2.70. The van der Waals surface area contributed by atoms with Gasteiger partial charge in [0.2, 0.25) is 5.91 Å². The summed E-state index contributed by atoms with van der Waals surface area (Å²) in [6.45, 7) is 4.20. The Labute approximate surface area is 155 Å². The van der Waals surface area contributed by atoms with Crippen LogP contribution < -0.4 is 10.1 Å². The van der Waals surface area contributed by atoms with Crippen molar-refractivity contribution in [1.29, 1.82) is 0 Å². The minimum atomic E-state index is -0.300. The fraction of sp³-hybridized carbons (Fsp3) is 0.409. The Morgan fingerprint density at radius 2 is 1.58 bits per heavy atom. The van der Waals surface area contributed by atoms with Gasteiger partial charge >= 0.3 is 0 Å². The van der Waals surface area contributed by atoms with Crippen molar-refractivity contribution in [1.82, 2.24) is 10.2 Å². The summed E-state index contributed by atoms with van der Waals surface area (Å²) in [5.74, 6) is 1.32. The summed E-state index contributed by atoms with van der Waals surface area (Å²) in [5.41, 5.74) is 1.89. The summed E-state index contributed by atoms with van der Waals surface area (Å²) in [7, 11) is 0. The van der Waals surface area contributed by atoms with Crippen LogP contribution in [0.4, 0.5) is 0 Å². The molecule has 1 saturated heterocycles. The minimum absolute atomic E-state index is 0.0619. The van der Waals surface area contributed by atoms with Crippen LogP contribution in [-0.4, -0.2) is 37.0 Å². The van der Waals surface area contributed by atoms with Crippen LogP contribution in [0.2, 0.25) is 0 Å². The highest BCUT2D eigenvalue weighted by Gasteiger charge is 2.32. The lowest BCUT2D eigenvalue weighted by Gasteiger charge is -2.28. The molecule has 2 heterocycles. The number of amides is 1. The predicted octanol–water partition coefficient (Wildman–Crippen LogP) is 3.92. The quantitative estimate of drug-likeness (QED) is 0.831. The monoisotopic (exact) mass is 350 g/mol. The first-order valence-electron chi connectivity index (χ1n) is 9.69. The molecule has 26 heavy (non-hydrogen) atoms. The second kappa shape index (κ2) is 7.92. The van der Waals surface area contributed by atoms with E-state index in [0.717, 1.165) is 42.1 Å². The number of rotatable bonds is 5. The van der Waals surface area contributed by atoms with E-state index in [4.69, 9.17) is 4.74 Å². The molecule has 2 aromatic carbocycles. The standard InChI is InChI=1S/C22H26N2O2/c25-22(23-13-8-16-24-14-6-1-7-15-24)21-17-9-2-4-11-19(17)26-20-12-5-3-10-18(20)21/h2-5,9-12,21H,1,6-8,13-16H2,(H,23,25). The first kappa shape index (κ1) is 17.1. The zero-order valence-electron chi connectivity index (χ0n) is 15.1. The molecule has 0 spiro atoms. The lowest BCUT2D eigenvalue weighted by molar-refractivity contribution is -0.121. The number of nitrogens with zero attached hydrogens (tertiary/aromatic N) is 1. The zero-order chi connectivity index (χ0) is 17.8. The second-order valence-electron chi connectivity index (χ2n) is 7.16. The smallest absolute Gasteiger partial charge is 0.232 e. The highest BCUT2D eigenvalue weighted by atomic mass is 16.5. The van der Waals surface area contributed by atoms with E-state index in [1.54, 1.807) is 0 Å². The van der Waals surface area contributed by atoms with Crippen LogP contribution in [0.15, 0.2) is 48.5 Å². The lowest BCUT2D eigenvalue weighted by Crippen LogP contribution is -2.35. The van der Waals surface area contributed by atoms with E-state index in [-0.39, 0.29) is 11.8 Å². The Morgan fingerprint density at radius 3 is 2.23 bits per heavy atom. The van der Waals surface area contributed by atoms with Crippen LogP contribution in [0.3, 0.4) is 0 Å². The van der Waals surface area contributed by atoms with Crippen molar-refractivity contribution in [3.05, 3.63) is 59.7 Å².